The molecule has 0 atom stereocenters. The van der Waals surface area contributed by atoms with E-state index in [-0.39, 0.29) is 0 Å². The van der Waals surface area contributed by atoms with Gasteiger partial charge in [0.05, 0.1) is 16.3 Å². The van der Waals surface area contributed by atoms with E-state index in [9.17, 15) is 8.42 Å². The Morgan fingerprint density at radius 3 is 2.30 bits per heavy atom. The highest BCUT2D eigenvalue weighted by molar-refractivity contribution is 7.89. The number of aryl methyl sites for hydroxylation is 2. The second-order valence-corrected chi connectivity index (χ2v) is 9.70. The number of hydrogen-bond acceptors (Lipinski definition) is 4. The van der Waals surface area contributed by atoms with E-state index in [0.717, 1.165) is 33.7 Å². The molecule has 0 radical (unpaired) electrons. The largest absolute Gasteiger partial charge is 0.243 e. The molecule has 152 valence electrons. The van der Waals surface area contributed by atoms with E-state index >= 15 is 0 Å². The third-order valence-electron chi connectivity index (χ3n) is 5.61. The fraction of sp³-hybridized carbons (Fsp3) is 0.217. The lowest BCUT2D eigenvalue weighted by Gasteiger charge is -2.28. The highest BCUT2D eigenvalue weighted by atomic mass is 32.2. The van der Waals surface area contributed by atoms with Crippen LogP contribution in [0.2, 0.25) is 0 Å². The number of aromatic nitrogens is 3. The minimum absolute atomic E-state index is 0.305. The van der Waals surface area contributed by atoms with Gasteiger partial charge in [0, 0.05) is 37.3 Å². The lowest BCUT2D eigenvalue weighted by molar-refractivity contribution is 0.384. The van der Waals surface area contributed by atoms with E-state index < -0.39 is 10.0 Å². The lowest BCUT2D eigenvalue weighted by atomic mass is 10.0. The molecule has 0 fully saturated rings. The van der Waals surface area contributed by atoms with Gasteiger partial charge in [-0.3, -0.25) is 0 Å². The van der Waals surface area contributed by atoms with E-state index in [1.165, 1.54) is 9.87 Å². The third-order valence-corrected chi connectivity index (χ3v) is 7.47. The summed E-state index contributed by atoms with van der Waals surface area (Å²) in [4.78, 5) is 4.75. The molecule has 0 saturated heterocycles. The van der Waals surface area contributed by atoms with Gasteiger partial charge in [-0.1, -0.05) is 42.0 Å². The summed E-state index contributed by atoms with van der Waals surface area (Å²) in [5.41, 5.74) is 6.90. The lowest BCUT2D eigenvalue weighted by Crippen LogP contribution is -2.37. The van der Waals surface area contributed by atoms with Crippen LogP contribution in [0.5, 0.6) is 0 Å². The highest BCUT2D eigenvalue weighted by Crippen LogP contribution is 2.27. The molecule has 0 unspecified atom stereocenters. The van der Waals surface area contributed by atoms with Crippen LogP contribution in [0, 0.1) is 13.8 Å². The fourth-order valence-corrected chi connectivity index (χ4v) is 5.37. The van der Waals surface area contributed by atoms with Crippen LogP contribution in [0.1, 0.15) is 22.5 Å². The van der Waals surface area contributed by atoms with Crippen molar-refractivity contribution in [1.82, 2.24) is 18.9 Å². The summed E-state index contributed by atoms with van der Waals surface area (Å²) >= 11 is 0. The predicted molar refractivity (Wildman–Crippen MR) is 116 cm³/mol. The second kappa shape index (κ2) is 7.04. The average Bonchev–Trinajstić information content (AvgIpc) is 3.15. The van der Waals surface area contributed by atoms with Crippen LogP contribution in [0.3, 0.4) is 0 Å². The van der Waals surface area contributed by atoms with Crippen molar-refractivity contribution in [2.45, 2.75) is 31.7 Å². The molecule has 0 aliphatic carbocycles. The van der Waals surface area contributed by atoms with E-state index in [4.69, 9.17) is 0 Å². The summed E-state index contributed by atoms with van der Waals surface area (Å²) in [7, 11) is -3.58. The summed E-state index contributed by atoms with van der Waals surface area (Å²) < 4.78 is 29.8. The maximum Gasteiger partial charge on any atom is 0.243 e. The summed E-state index contributed by atoms with van der Waals surface area (Å²) in [6.45, 7) is 4.71. The first-order valence-corrected chi connectivity index (χ1v) is 11.4. The standard InChI is InChI=1S/C23H22N4O2S/c1-16-3-5-18(6-4-16)19-7-9-21(10-8-19)30(28,29)26-12-11-22-20(15-26)14-24-23-13-17(2)25-27(22)23/h3-10,13-14H,11-12,15H2,1-2H3. The highest BCUT2D eigenvalue weighted by Gasteiger charge is 2.30. The maximum atomic E-state index is 13.2. The van der Waals surface area contributed by atoms with Crippen LogP contribution in [0.25, 0.3) is 16.8 Å². The average molecular weight is 419 g/mol. The summed E-state index contributed by atoms with van der Waals surface area (Å²) in [6, 6.07) is 17.3. The number of rotatable bonds is 3. The summed E-state index contributed by atoms with van der Waals surface area (Å²) in [5.74, 6) is 0. The van der Waals surface area contributed by atoms with Crippen molar-refractivity contribution in [1.29, 1.82) is 0 Å². The molecule has 2 aromatic carbocycles. The molecule has 7 heteroatoms. The molecule has 0 bridgehead atoms. The van der Waals surface area contributed by atoms with Crippen molar-refractivity contribution in [3.05, 3.63) is 83.3 Å². The van der Waals surface area contributed by atoms with Crippen LogP contribution >= 0.6 is 0 Å². The summed E-state index contributed by atoms with van der Waals surface area (Å²) in [5, 5.41) is 4.50. The Bertz CT molecular complexity index is 1340. The molecule has 0 amide bonds. The molecule has 1 aliphatic rings. The molecular formula is C23H22N4O2S. The number of fused-ring (bicyclic) bond motifs is 3. The maximum absolute atomic E-state index is 13.2. The van der Waals surface area contributed by atoms with E-state index in [1.54, 1.807) is 18.3 Å². The number of nitrogens with zero attached hydrogens (tertiary/aromatic N) is 4. The Kier molecular flexibility index (Phi) is 4.45. The van der Waals surface area contributed by atoms with Crippen molar-refractivity contribution >= 4 is 15.7 Å². The van der Waals surface area contributed by atoms with E-state index in [1.807, 2.05) is 48.7 Å². The zero-order valence-electron chi connectivity index (χ0n) is 16.9. The van der Waals surface area contributed by atoms with Gasteiger partial charge in [0.2, 0.25) is 10.0 Å². The molecule has 6 nitrogen and oxygen atoms in total. The minimum Gasteiger partial charge on any atom is -0.237 e. The van der Waals surface area contributed by atoms with Gasteiger partial charge in [-0.05, 0) is 37.1 Å². The SMILES string of the molecule is Cc1ccc(-c2ccc(S(=O)(=O)N3CCc4c(cnc5cc(C)nn45)C3)cc2)cc1. The van der Waals surface area contributed by atoms with Gasteiger partial charge in [0.15, 0.2) is 5.65 Å². The molecule has 1 aliphatic heterocycles. The molecule has 0 N–H and O–H groups in total. The van der Waals surface area contributed by atoms with Gasteiger partial charge in [0.1, 0.15) is 0 Å². The van der Waals surface area contributed by atoms with Crippen molar-refractivity contribution < 1.29 is 8.42 Å². The van der Waals surface area contributed by atoms with E-state index in [0.29, 0.717) is 24.4 Å². The van der Waals surface area contributed by atoms with Crippen LogP contribution < -0.4 is 0 Å². The monoisotopic (exact) mass is 418 g/mol. The quantitative estimate of drug-likeness (QED) is 0.508. The van der Waals surface area contributed by atoms with Gasteiger partial charge >= 0.3 is 0 Å². The number of hydrogen-bond donors (Lipinski definition) is 0. The van der Waals surface area contributed by atoms with Crippen molar-refractivity contribution in [2.24, 2.45) is 0 Å². The minimum atomic E-state index is -3.58. The Morgan fingerprint density at radius 2 is 1.60 bits per heavy atom. The molecule has 4 aromatic rings. The zero-order valence-corrected chi connectivity index (χ0v) is 17.7. The number of benzene rings is 2. The van der Waals surface area contributed by atoms with Crippen LogP contribution in [0.15, 0.2) is 65.7 Å². The Morgan fingerprint density at radius 1 is 0.933 bits per heavy atom. The molecule has 0 spiro atoms. The first-order valence-electron chi connectivity index (χ1n) is 9.92. The van der Waals surface area contributed by atoms with Gasteiger partial charge in [-0.15, -0.1) is 0 Å². The molecule has 5 rings (SSSR count). The smallest absolute Gasteiger partial charge is 0.237 e. The predicted octanol–water partition coefficient (Wildman–Crippen LogP) is 3.76. The van der Waals surface area contributed by atoms with Crippen LogP contribution in [-0.2, 0) is 23.0 Å². The van der Waals surface area contributed by atoms with Gasteiger partial charge in [-0.25, -0.2) is 17.9 Å². The molecule has 3 heterocycles. The normalized spacial score (nSPS) is 14.7. The Hall–Kier alpha value is -3.03. The van der Waals surface area contributed by atoms with Crippen molar-refractivity contribution in [2.75, 3.05) is 6.54 Å². The van der Waals surface area contributed by atoms with Crippen LogP contribution in [-0.4, -0.2) is 33.9 Å². The van der Waals surface area contributed by atoms with Gasteiger partial charge < -0.3 is 0 Å². The molecule has 30 heavy (non-hydrogen) atoms. The molecular weight excluding hydrogens is 396 g/mol. The molecule has 0 saturated carbocycles. The van der Waals surface area contributed by atoms with Gasteiger partial charge in [-0.2, -0.15) is 9.40 Å². The molecule has 2 aromatic heterocycles. The van der Waals surface area contributed by atoms with Gasteiger partial charge in [0.25, 0.3) is 0 Å². The summed E-state index contributed by atoms with van der Waals surface area (Å²) in [6.07, 6.45) is 2.38. The zero-order chi connectivity index (χ0) is 20.9. The van der Waals surface area contributed by atoms with Crippen molar-refractivity contribution in [3.8, 4) is 11.1 Å². The first-order chi connectivity index (χ1) is 14.4. The first kappa shape index (κ1) is 19.0. The van der Waals surface area contributed by atoms with Crippen molar-refractivity contribution in [3.63, 3.8) is 0 Å². The van der Waals surface area contributed by atoms with E-state index in [2.05, 4.69) is 22.2 Å². The van der Waals surface area contributed by atoms with Crippen LogP contribution in [0.4, 0.5) is 0 Å². The second-order valence-electron chi connectivity index (χ2n) is 7.76. The topological polar surface area (TPSA) is 67.6 Å². The third kappa shape index (κ3) is 3.20. The Labute approximate surface area is 175 Å². The Balaban J connectivity index is 1.43. The fourth-order valence-electron chi connectivity index (χ4n) is 3.95. The number of sulfonamides is 1.